The molecular formula is C21H30N6O. The van der Waals surface area contributed by atoms with Crippen molar-refractivity contribution < 1.29 is 4.79 Å². The average Bonchev–Trinajstić information content (AvgIpc) is 2.72. The highest BCUT2D eigenvalue weighted by molar-refractivity contribution is 5.74. The second-order valence-electron chi connectivity index (χ2n) is 7.13. The SMILES string of the molecule is CCN(CCNC(=O)NC1CCN(c2ncccn2)CC1)c1cccc(C)c1. The highest BCUT2D eigenvalue weighted by Gasteiger charge is 2.22. The third kappa shape index (κ3) is 5.58. The van der Waals surface area contributed by atoms with Crippen LogP contribution in [0.15, 0.2) is 42.7 Å². The first-order valence-electron chi connectivity index (χ1n) is 10.0. The van der Waals surface area contributed by atoms with E-state index in [-0.39, 0.29) is 12.1 Å². The first-order valence-corrected chi connectivity index (χ1v) is 10.0. The van der Waals surface area contributed by atoms with Gasteiger partial charge in [-0.05, 0) is 50.5 Å². The first kappa shape index (κ1) is 19.9. The molecule has 150 valence electrons. The lowest BCUT2D eigenvalue weighted by molar-refractivity contribution is 0.234. The lowest BCUT2D eigenvalue weighted by Crippen LogP contribution is -2.49. The highest BCUT2D eigenvalue weighted by Crippen LogP contribution is 2.16. The Morgan fingerprint density at radius 2 is 1.96 bits per heavy atom. The quantitative estimate of drug-likeness (QED) is 0.770. The summed E-state index contributed by atoms with van der Waals surface area (Å²) in [5.41, 5.74) is 2.44. The molecule has 28 heavy (non-hydrogen) atoms. The molecule has 2 aromatic rings. The maximum absolute atomic E-state index is 12.2. The van der Waals surface area contributed by atoms with Crippen molar-refractivity contribution >= 4 is 17.7 Å². The molecule has 0 saturated carbocycles. The van der Waals surface area contributed by atoms with Crippen LogP contribution >= 0.6 is 0 Å². The lowest BCUT2D eigenvalue weighted by Gasteiger charge is -2.32. The van der Waals surface area contributed by atoms with Gasteiger partial charge in [0.05, 0.1) is 0 Å². The molecule has 1 fully saturated rings. The second kappa shape index (κ2) is 9.92. The summed E-state index contributed by atoms with van der Waals surface area (Å²) < 4.78 is 0. The van der Waals surface area contributed by atoms with E-state index in [1.165, 1.54) is 11.3 Å². The van der Waals surface area contributed by atoms with Gasteiger partial charge in [0.15, 0.2) is 0 Å². The average molecular weight is 383 g/mol. The molecule has 1 aliphatic heterocycles. The van der Waals surface area contributed by atoms with E-state index >= 15 is 0 Å². The molecule has 7 heteroatoms. The number of aromatic nitrogens is 2. The van der Waals surface area contributed by atoms with Crippen LogP contribution < -0.4 is 20.4 Å². The Labute approximate surface area is 167 Å². The summed E-state index contributed by atoms with van der Waals surface area (Å²) >= 11 is 0. The van der Waals surface area contributed by atoms with Crippen molar-refractivity contribution in [2.45, 2.75) is 32.7 Å². The summed E-state index contributed by atoms with van der Waals surface area (Å²) in [5.74, 6) is 0.765. The van der Waals surface area contributed by atoms with Gasteiger partial charge in [-0.25, -0.2) is 14.8 Å². The zero-order valence-electron chi connectivity index (χ0n) is 16.8. The van der Waals surface area contributed by atoms with E-state index in [1.54, 1.807) is 12.4 Å². The number of anilines is 2. The van der Waals surface area contributed by atoms with Gasteiger partial charge in [-0.15, -0.1) is 0 Å². The number of urea groups is 1. The molecule has 1 saturated heterocycles. The van der Waals surface area contributed by atoms with Gasteiger partial charge in [0.25, 0.3) is 0 Å². The number of nitrogens with one attached hydrogen (secondary N) is 2. The van der Waals surface area contributed by atoms with Gasteiger partial charge in [-0.2, -0.15) is 0 Å². The first-order chi connectivity index (χ1) is 13.7. The van der Waals surface area contributed by atoms with E-state index in [0.29, 0.717) is 6.54 Å². The lowest BCUT2D eigenvalue weighted by atomic mass is 10.1. The number of likely N-dealkylation sites (N-methyl/N-ethyl adjacent to an activating group) is 1. The number of carbonyl (C=O) groups excluding carboxylic acids is 1. The van der Waals surface area contributed by atoms with Crippen molar-refractivity contribution in [3.63, 3.8) is 0 Å². The monoisotopic (exact) mass is 382 g/mol. The summed E-state index contributed by atoms with van der Waals surface area (Å²) in [5, 5.41) is 6.09. The molecule has 1 aromatic carbocycles. The molecule has 0 aliphatic carbocycles. The summed E-state index contributed by atoms with van der Waals surface area (Å²) in [4.78, 5) is 25.3. The fourth-order valence-electron chi connectivity index (χ4n) is 3.51. The smallest absolute Gasteiger partial charge is 0.315 e. The number of piperidine rings is 1. The van der Waals surface area contributed by atoms with Crippen molar-refractivity contribution in [1.82, 2.24) is 20.6 Å². The van der Waals surface area contributed by atoms with Gasteiger partial charge in [0, 0.05) is 56.8 Å². The molecule has 2 amide bonds. The minimum Gasteiger partial charge on any atom is -0.370 e. The Morgan fingerprint density at radius 1 is 1.21 bits per heavy atom. The molecular weight excluding hydrogens is 352 g/mol. The Kier molecular flexibility index (Phi) is 7.06. The molecule has 0 unspecified atom stereocenters. The third-order valence-electron chi connectivity index (χ3n) is 5.08. The Bertz CT molecular complexity index is 746. The van der Waals surface area contributed by atoms with Crippen LogP contribution in [0, 0.1) is 6.92 Å². The number of nitrogens with zero attached hydrogens (tertiary/aromatic N) is 4. The van der Waals surface area contributed by atoms with Crippen molar-refractivity contribution in [3.8, 4) is 0 Å². The van der Waals surface area contributed by atoms with Crippen molar-refractivity contribution in [2.24, 2.45) is 0 Å². The summed E-state index contributed by atoms with van der Waals surface area (Å²) in [6.45, 7) is 8.25. The predicted molar refractivity (Wildman–Crippen MR) is 113 cm³/mol. The molecule has 1 aliphatic rings. The zero-order chi connectivity index (χ0) is 19.8. The summed E-state index contributed by atoms with van der Waals surface area (Å²) in [6, 6.07) is 10.4. The number of amides is 2. The van der Waals surface area contributed by atoms with E-state index in [0.717, 1.165) is 45.0 Å². The number of carbonyl (C=O) groups is 1. The van der Waals surface area contributed by atoms with Crippen LogP contribution in [0.3, 0.4) is 0 Å². The minimum atomic E-state index is -0.0882. The Balaban J connectivity index is 1.38. The molecule has 0 bridgehead atoms. The van der Waals surface area contributed by atoms with Gasteiger partial charge in [0.1, 0.15) is 0 Å². The number of rotatable bonds is 7. The normalized spacial score (nSPS) is 14.6. The molecule has 1 aromatic heterocycles. The molecule has 0 atom stereocenters. The van der Waals surface area contributed by atoms with Crippen LogP contribution in [0.1, 0.15) is 25.3 Å². The van der Waals surface area contributed by atoms with E-state index in [2.05, 4.69) is 68.5 Å². The Morgan fingerprint density at radius 3 is 2.64 bits per heavy atom. The zero-order valence-corrected chi connectivity index (χ0v) is 16.8. The van der Waals surface area contributed by atoms with E-state index < -0.39 is 0 Å². The van der Waals surface area contributed by atoms with E-state index in [4.69, 9.17) is 0 Å². The molecule has 0 radical (unpaired) electrons. The fourth-order valence-corrected chi connectivity index (χ4v) is 3.51. The molecule has 7 nitrogen and oxygen atoms in total. The maximum atomic E-state index is 12.2. The second-order valence-corrected chi connectivity index (χ2v) is 7.13. The van der Waals surface area contributed by atoms with Crippen LogP contribution in [0.5, 0.6) is 0 Å². The number of benzene rings is 1. The standard InChI is InChI=1S/C21H30N6O/c1-3-26(19-7-4-6-17(2)16-19)15-12-24-21(28)25-18-8-13-27(14-9-18)20-22-10-5-11-23-20/h4-7,10-11,16,18H,3,8-9,12-15H2,1-2H3,(H2,24,25,28). The van der Waals surface area contributed by atoms with Crippen LogP contribution in [-0.4, -0.2) is 54.8 Å². The summed E-state index contributed by atoms with van der Waals surface area (Å²) in [6.07, 6.45) is 5.32. The van der Waals surface area contributed by atoms with Gasteiger partial charge in [0.2, 0.25) is 5.95 Å². The molecule has 2 heterocycles. The van der Waals surface area contributed by atoms with Crippen molar-refractivity contribution in [1.29, 1.82) is 0 Å². The van der Waals surface area contributed by atoms with Gasteiger partial charge in [-0.3, -0.25) is 0 Å². The topological polar surface area (TPSA) is 73.4 Å². The van der Waals surface area contributed by atoms with Crippen molar-refractivity contribution in [2.75, 3.05) is 42.5 Å². The minimum absolute atomic E-state index is 0.0882. The van der Waals surface area contributed by atoms with Crippen LogP contribution in [0.2, 0.25) is 0 Å². The third-order valence-corrected chi connectivity index (χ3v) is 5.08. The number of hydrogen-bond acceptors (Lipinski definition) is 5. The number of hydrogen-bond donors (Lipinski definition) is 2. The summed E-state index contributed by atoms with van der Waals surface area (Å²) in [7, 11) is 0. The molecule has 0 spiro atoms. The number of aryl methyl sites for hydroxylation is 1. The fraction of sp³-hybridized carbons (Fsp3) is 0.476. The van der Waals surface area contributed by atoms with E-state index in [9.17, 15) is 4.79 Å². The Hall–Kier alpha value is -2.83. The largest absolute Gasteiger partial charge is 0.370 e. The van der Waals surface area contributed by atoms with Crippen molar-refractivity contribution in [3.05, 3.63) is 48.3 Å². The van der Waals surface area contributed by atoms with Crippen LogP contribution in [0.25, 0.3) is 0 Å². The highest BCUT2D eigenvalue weighted by atomic mass is 16.2. The molecule has 2 N–H and O–H groups in total. The predicted octanol–water partition coefficient (Wildman–Crippen LogP) is 2.58. The molecule has 3 rings (SSSR count). The van der Waals surface area contributed by atoms with Gasteiger partial charge >= 0.3 is 6.03 Å². The van der Waals surface area contributed by atoms with Crippen LogP contribution in [0.4, 0.5) is 16.4 Å². The van der Waals surface area contributed by atoms with Gasteiger partial charge in [-0.1, -0.05) is 12.1 Å². The van der Waals surface area contributed by atoms with Crippen LogP contribution in [-0.2, 0) is 0 Å². The van der Waals surface area contributed by atoms with E-state index in [1.807, 2.05) is 6.07 Å². The van der Waals surface area contributed by atoms with Gasteiger partial charge < -0.3 is 20.4 Å². The maximum Gasteiger partial charge on any atom is 0.315 e.